The summed E-state index contributed by atoms with van der Waals surface area (Å²) in [6, 6.07) is 0. The predicted molar refractivity (Wildman–Crippen MR) is 114 cm³/mol. The number of hydrogen-bond donors (Lipinski definition) is 3. The highest BCUT2D eigenvalue weighted by Gasteiger charge is 2.40. The molecule has 0 saturated heterocycles. The first-order valence-corrected chi connectivity index (χ1v) is 11.5. The summed E-state index contributed by atoms with van der Waals surface area (Å²) in [6.45, 7) is 2.14. The molecule has 0 aromatic heterocycles. The van der Waals surface area contributed by atoms with Crippen molar-refractivity contribution in [1.82, 2.24) is 0 Å². The van der Waals surface area contributed by atoms with E-state index in [2.05, 4.69) is 6.08 Å². The fraction of sp³-hybridized carbons (Fsp3) is 0.727. The van der Waals surface area contributed by atoms with Crippen LogP contribution in [-0.2, 0) is 9.59 Å². The van der Waals surface area contributed by atoms with Gasteiger partial charge < -0.3 is 15.3 Å². The highest BCUT2D eigenvalue weighted by atomic mass is 32.2. The van der Waals surface area contributed by atoms with Gasteiger partial charge in [0.1, 0.15) is 5.78 Å². The second-order valence-electron chi connectivity index (χ2n) is 7.40. The quantitative estimate of drug-likeness (QED) is 0.278. The average molecular weight is 413 g/mol. The van der Waals surface area contributed by atoms with Crippen LogP contribution in [0.15, 0.2) is 24.3 Å². The summed E-state index contributed by atoms with van der Waals surface area (Å²) in [5.41, 5.74) is 0. The number of aliphatic hydroxyl groups excluding tert-OH is 2. The zero-order chi connectivity index (χ0) is 20.8. The fourth-order valence-corrected chi connectivity index (χ4v) is 4.88. The second kappa shape index (κ2) is 14.8. The SMILES string of the molecule is CC/C=C/C(O)C/C=C/[C@H]1[C@H](SCCO)CC(=O)[C@@H]1CCCCCCC(=O)O. The van der Waals surface area contributed by atoms with E-state index in [-0.39, 0.29) is 30.1 Å². The van der Waals surface area contributed by atoms with Crippen molar-refractivity contribution in [2.45, 2.75) is 76.1 Å². The van der Waals surface area contributed by atoms with Crippen LogP contribution in [0, 0.1) is 11.8 Å². The molecule has 0 aliphatic heterocycles. The predicted octanol–water partition coefficient (Wildman–Crippen LogP) is 3.98. The molecule has 1 aliphatic rings. The Hall–Kier alpha value is -1.11. The van der Waals surface area contributed by atoms with Crippen LogP contribution >= 0.6 is 11.8 Å². The van der Waals surface area contributed by atoms with E-state index in [0.29, 0.717) is 30.8 Å². The number of Topliss-reactive ketones (excluding diaryl/α,β-unsaturated/α-hetero) is 1. The summed E-state index contributed by atoms with van der Waals surface area (Å²) in [7, 11) is 0. The largest absolute Gasteiger partial charge is 0.481 e. The van der Waals surface area contributed by atoms with E-state index in [1.54, 1.807) is 17.8 Å². The van der Waals surface area contributed by atoms with Crippen molar-refractivity contribution in [3.8, 4) is 0 Å². The molecule has 0 bridgehead atoms. The normalized spacial score (nSPS) is 23.8. The van der Waals surface area contributed by atoms with Gasteiger partial charge in [-0.25, -0.2) is 0 Å². The zero-order valence-corrected chi connectivity index (χ0v) is 17.8. The lowest BCUT2D eigenvalue weighted by Crippen LogP contribution is -2.18. The number of carbonyl (C=O) groups excluding carboxylic acids is 1. The van der Waals surface area contributed by atoms with E-state index in [1.165, 1.54) is 0 Å². The van der Waals surface area contributed by atoms with Crippen molar-refractivity contribution >= 4 is 23.5 Å². The van der Waals surface area contributed by atoms with Gasteiger partial charge in [0.25, 0.3) is 0 Å². The second-order valence-corrected chi connectivity index (χ2v) is 8.75. The molecule has 0 radical (unpaired) electrons. The van der Waals surface area contributed by atoms with Crippen molar-refractivity contribution in [2.75, 3.05) is 12.4 Å². The molecular weight excluding hydrogens is 376 g/mol. The molecule has 6 heteroatoms. The number of aliphatic carboxylic acids is 1. The molecule has 28 heavy (non-hydrogen) atoms. The molecule has 1 fully saturated rings. The third kappa shape index (κ3) is 9.89. The molecule has 0 aromatic rings. The number of carboxylic acid groups (broad SMARTS) is 1. The molecule has 5 nitrogen and oxygen atoms in total. The molecule has 1 unspecified atom stereocenters. The minimum atomic E-state index is -0.754. The molecular formula is C22H36O5S. The maximum absolute atomic E-state index is 12.6. The van der Waals surface area contributed by atoms with Crippen LogP contribution in [0.3, 0.4) is 0 Å². The lowest BCUT2D eigenvalue weighted by Gasteiger charge is -2.20. The number of thioether (sulfide) groups is 1. The van der Waals surface area contributed by atoms with Gasteiger partial charge in [-0.15, -0.1) is 0 Å². The summed E-state index contributed by atoms with van der Waals surface area (Å²) in [5, 5.41) is 28.0. The van der Waals surface area contributed by atoms with Gasteiger partial charge in [0.05, 0.1) is 12.7 Å². The van der Waals surface area contributed by atoms with Crippen molar-refractivity contribution in [2.24, 2.45) is 11.8 Å². The molecule has 0 spiro atoms. The van der Waals surface area contributed by atoms with Gasteiger partial charge in [-0.05, 0) is 31.6 Å². The van der Waals surface area contributed by atoms with Crippen LogP contribution in [-0.4, -0.2) is 50.8 Å². The van der Waals surface area contributed by atoms with Gasteiger partial charge in [0.15, 0.2) is 0 Å². The first kappa shape index (κ1) is 24.9. The fourth-order valence-electron chi connectivity index (χ4n) is 3.69. The number of allylic oxidation sites excluding steroid dienone is 2. The average Bonchev–Trinajstić information content (AvgIpc) is 2.95. The van der Waals surface area contributed by atoms with Gasteiger partial charge in [-0.3, -0.25) is 9.59 Å². The summed E-state index contributed by atoms with van der Waals surface area (Å²) >= 11 is 1.66. The van der Waals surface area contributed by atoms with Crippen molar-refractivity contribution in [3.05, 3.63) is 24.3 Å². The van der Waals surface area contributed by atoms with E-state index in [4.69, 9.17) is 10.2 Å². The van der Waals surface area contributed by atoms with Gasteiger partial charge in [-0.2, -0.15) is 11.8 Å². The summed E-state index contributed by atoms with van der Waals surface area (Å²) < 4.78 is 0. The number of unbranched alkanes of at least 4 members (excludes halogenated alkanes) is 3. The maximum Gasteiger partial charge on any atom is 0.303 e. The number of carbonyl (C=O) groups is 2. The number of carboxylic acids is 1. The van der Waals surface area contributed by atoms with Crippen molar-refractivity contribution in [3.63, 3.8) is 0 Å². The topological polar surface area (TPSA) is 94.8 Å². The Labute approximate surface area is 173 Å². The molecule has 160 valence electrons. The lowest BCUT2D eigenvalue weighted by atomic mass is 9.89. The highest BCUT2D eigenvalue weighted by molar-refractivity contribution is 8.00. The summed E-state index contributed by atoms with van der Waals surface area (Å²) in [6.07, 6.45) is 13.8. The first-order valence-electron chi connectivity index (χ1n) is 10.5. The molecule has 0 amide bonds. The third-order valence-electron chi connectivity index (χ3n) is 5.12. The molecule has 0 aromatic carbocycles. The van der Waals surface area contributed by atoms with Gasteiger partial charge in [0.2, 0.25) is 0 Å². The van der Waals surface area contributed by atoms with Crippen LogP contribution in [0.2, 0.25) is 0 Å². The van der Waals surface area contributed by atoms with E-state index >= 15 is 0 Å². The smallest absolute Gasteiger partial charge is 0.303 e. The Balaban J connectivity index is 2.58. The van der Waals surface area contributed by atoms with Crippen LogP contribution in [0.1, 0.15) is 64.7 Å². The maximum atomic E-state index is 12.6. The minimum Gasteiger partial charge on any atom is -0.481 e. The van der Waals surface area contributed by atoms with E-state index in [0.717, 1.165) is 32.1 Å². The Morgan fingerprint density at radius 2 is 2.00 bits per heavy atom. The Morgan fingerprint density at radius 1 is 1.25 bits per heavy atom. The number of ketones is 1. The van der Waals surface area contributed by atoms with Crippen LogP contribution < -0.4 is 0 Å². The molecule has 1 rings (SSSR count). The summed E-state index contributed by atoms with van der Waals surface area (Å²) in [4.78, 5) is 23.1. The van der Waals surface area contributed by atoms with E-state index in [9.17, 15) is 14.7 Å². The lowest BCUT2D eigenvalue weighted by molar-refractivity contribution is -0.137. The first-order chi connectivity index (χ1) is 13.5. The Kier molecular flexibility index (Phi) is 13.2. The number of rotatable bonds is 15. The molecule has 4 atom stereocenters. The van der Waals surface area contributed by atoms with Crippen LogP contribution in [0.4, 0.5) is 0 Å². The standard InChI is InChI=1S/C22H36O5S/c1-2-3-9-17(24)10-8-12-19-18(11-6-4-5-7-13-22(26)27)20(25)16-21(19)28-15-14-23/h3,8-9,12,17-19,21,23-24H,2,4-7,10-11,13-16H2,1H3,(H,26,27)/b9-3+,12-8+/t17?,18-,19-,21-/m1/s1. The summed E-state index contributed by atoms with van der Waals surface area (Å²) in [5.74, 6) is 0.310. The monoisotopic (exact) mass is 412 g/mol. The number of aliphatic hydroxyl groups is 2. The molecule has 1 saturated carbocycles. The van der Waals surface area contributed by atoms with Crippen LogP contribution in [0.5, 0.6) is 0 Å². The molecule has 3 N–H and O–H groups in total. The van der Waals surface area contributed by atoms with E-state index < -0.39 is 12.1 Å². The Morgan fingerprint density at radius 3 is 2.68 bits per heavy atom. The van der Waals surface area contributed by atoms with Crippen molar-refractivity contribution in [1.29, 1.82) is 0 Å². The highest BCUT2D eigenvalue weighted by Crippen LogP contribution is 2.40. The van der Waals surface area contributed by atoms with E-state index in [1.807, 2.05) is 19.1 Å². The molecule has 0 heterocycles. The van der Waals surface area contributed by atoms with Gasteiger partial charge in [0, 0.05) is 29.8 Å². The van der Waals surface area contributed by atoms with Crippen LogP contribution in [0.25, 0.3) is 0 Å². The Bertz CT molecular complexity index is 517. The van der Waals surface area contributed by atoms with Gasteiger partial charge >= 0.3 is 5.97 Å². The number of hydrogen-bond acceptors (Lipinski definition) is 5. The van der Waals surface area contributed by atoms with Gasteiger partial charge in [-0.1, -0.05) is 50.5 Å². The molecule has 1 aliphatic carbocycles. The zero-order valence-electron chi connectivity index (χ0n) is 17.0. The van der Waals surface area contributed by atoms with Crippen molar-refractivity contribution < 1.29 is 24.9 Å². The minimum absolute atomic E-state index is 0.00440. The third-order valence-corrected chi connectivity index (χ3v) is 6.45.